The Morgan fingerprint density at radius 1 is 1.17 bits per heavy atom. The second kappa shape index (κ2) is 7.99. The molecule has 2 N–H and O–H groups in total. The maximum Gasteiger partial charge on any atom is 0.267 e. The van der Waals surface area contributed by atoms with E-state index in [1.54, 1.807) is 18.2 Å². The molecule has 1 aliphatic rings. The minimum absolute atomic E-state index is 0.216. The second-order valence-corrected chi connectivity index (χ2v) is 9.46. The lowest BCUT2D eigenvalue weighted by Crippen LogP contribution is -2.13. The minimum Gasteiger partial charge on any atom is -0.384 e. The fourth-order valence-electron chi connectivity index (χ4n) is 3.56. The van der Waals surface area contributed by atoms with Gasteiger partial charge in [0.1, 0.15) is 0 Å². The summed E-state index contributed by atoms with van der Waals surface area (Å²) < 4.78 is 27.0. The molecule has 7 heteroatoms. The van der Waals surface area contributed by atoms with Gasteiger partial charge in [-0.05, 0) is 66.3 Å². The van der Waals surface area contributed by atoms with Crippen LogP contribution in [0.4, 0.5) is 11.4 Å². The van der Waals surface area contributed by atoms with Gasteiger partial charge in [0.25, 0.3) is 15.9 Å². The molecule has 1 atom stereocenters. The van der Waals surface area contributed by atoms with E-state index in [1.165, 1.54) is 24.0 Å². The summed E-state index contributed by atoms with van der Waals surface area (Å²) in [6, 6.07) is 14.3. The van der Waals surface area contributed by atoms with E-state index in [1.807, 2.05) is 24.3 Å². The highest BCUT2D eigenvalue weighted by molar-refractivity contribution is 7.90. The first-order chi connectivity index (χ1) is 14.4. The SMILES string of the molecule is CCC(C)c1ccc(NC(=O)c2ccn(S(=O)(=O)c3ccc4c(c3)CCN4)c2)cc1. The van der Waals surface area contributed by atoms with Crippen molar-refractivity contribution in [1.82, 2.24) is 3.97 Å². The maximum absolute atomic E-state index is 13.0. The van der Waals surface area contributed by atoms with Crippen molar-refractivity contribution in [2.24, 2.45) is 0 Å². The van der Waals surface area contributed by atoms with E-state index < -0.39 is 10.0 Å². The van der Waals surface area contributed by atoms with Crippen molar-refractivity contribution in [3.8, 4) is 0 Å². The molecule has 0 bridgehead atoms. The zero-order valence-corrected chi connectivity index (χ0v) is 17.9. The van der Waals surface area contributed by atoms with Crippen LogP contribution in [-0.4, -0.2) is 24.8 Å². The van der Waals surface area contributed by atoms with Crippen LogP contribution < -0.4 is 10.6 Å². The summed E-state index contributed by atoms with van der Waals surface area (Å²) in [4.78, 5) is 12.8. The standard InChI is InChI=1S/C23H25N3O3S/c1-3-16(2)17-4-6-20(7-5-17)25-23(27)19-11-13-26(15-19)30(28,29)21-8-9-22-18(14-21)10-12-24-22/h4-9,11,13-16,24H,3,10,12H2,1-2H3,(H,25,27). The molecule has 0 aliphatic carbocycles. The first-order valence-electron chi connectivity index (χ1n) is 10.1. The van der Waals surface area contributed by atoms with E-state index in [2.05, 4.69) is 24.5 Å². The highest BCUT2D eigenvalue weighted by Gasteiger charge is 2.21. The first-order valence-corrected chi connectivity index (χ1v) is 11.5. The normalized spacial score (nSPS) is 14.1. The number of aromatic nitrogens is 1. The van der Waals surface area contributed by atoms with Crippen molar-refractivity contribution in [2.45, 2.75) is 37.5 Å². The quantitative estimate of drug-likeness (QED) is 0.613. The molecule has 4 rings (SSSR count). The predicted octanol–water partition coefficient (Wildman–Crippen LogP) is 4.46. The number of nitrogens with one attached hydrogen (secondary N) is 2. The summed E-state index contributed by atoms with van der Waals surface area (Å²) in [5.74, 6) is 0.113. The number of hydrogen-bond donors (Lipinski definition) is 2. The number of carbonyl (C=O) groups is 1. The molecule has 0 radical (unpaired) electrons. The van der Waals surface area contributed by atoms with Crippen LogP contribution in [0.25, 0.3) is 0 Å². The number of nitrogens with zero attached hydrogens (tertiary/aromatic N) is 1. The Morgan fingerprint density at radius 3 is 2.67 bits per heavy atom. The molecule has 0 fully saturated rings. The first kappa shape index (κ1) is 20.2. The number of rotatable bonds is 6. The lowest BCUT2D eigenvalue weighted by molar-refractivity contribution is 0.102. The fourth-order valence-corrected chi connectivity index (χ4v) is 4.81. The van der Waals surface area contributed by atoms with Gasteiger partial charge in [-0.2, -0.15) is 0 Å². The van der Waals surface area contributed by atoms with Gasteiger partial charge < -0.3 is 10.6 Å². The van der Waals surface area contributed by atoms with Crippen LogP contribution in [0, 0.1) is 0 Å². The third-order valence-corrected chi connectivity index (χ3v) is 7.27. The molecule has 1 unspecified atom stereocenters. The minimum atomic E-state index is -3.76. The Hall–Kier alpha value is -3.06. The smallest absolute Gasteiger partial charge is 0.267 e. The molecule has 0 saturated carbocycles. The number of fused-ring (bicyclic) bond motifs is 1. The molecule has 30 heavy (non-hydrogen) atoms. The van der Waals surface area contributed by atoms with E-state index in [0.717, 1.165) is 34.6 Å². The lowest BCUT2D eigenvalue weighted by Gasteiger charge is -2.10. The summed E-state index contributed by atoms with van der Waals surface area (Å²) in [6.07, 6.45) is 4.60. The van der Waals surface area contributed by atoms with Crippen LogP contribution in [0.3, 0.4) is 0 Å². The number of carbonyl (C=O) groups excluding carboxylic acids is 1. The Bertz CT molecular complexity index is 1180. The molecule has 2 aromatic carbocycles. The lowest BCUT2D eigenvalue weighted by atomic mass is 9.99. The number of hydrogen-bond acceptors (Lipinski definition) is 4. The molecule has 1 amide bonds. The number of amides is 1. The van der Waals surface area contributed by atoms with Crippen molar-refractivity contribution in [3.05, 3.63) is 77.6 Å². The summed E-state index contributed by atoms with van der Waals surface area (Å²) in [5, 5.41) is 6.04. The van der Waals surface area contributed by atoms with E-state index in [4.69, 9.17) is 0 Å². The van der Waals surface area contributed by atoms with Gasteiger partial charge in [-0.15, -0.1) is 0 Å². The summed E-state index contributed by atoms with van der Waals surface area (Å²) in [5.41, 5.74) is 4.14. The van der Waals surface area contributed by atoms with E-state index >= 15 is 0 Å². The molecule has 156 valence electrons. The van der Waals surface area contributed by atoms with Gasteiger partial charge in [-0.25, -0.2) is 12.4 Å². The van der Waals surface area contributed by atoms with Gasteiger partial charge >= 0.3 is 0 Å². The van der Waals surface area contributed by atoms with Crippen LogP contribution in [0.2, 0.25) is 0 Å². The van der Waals surface area contributed by atoms with Crippen molar-refractivity contribution in [2.75, 3.05) is 17.2 Å². The second-order valence-electron chi connectivity index (χ2n) is 7.62. The highest BCUT2D eigenvalue weighted by Crippen LogP contribution is 2.26. The van der Waals surface area contributed by atoms with Crippen molar-refractivity contribution in [1.29, 1.82) is 0 Å². The third-order valence-electron chi connectivity index (χ3n) is 5.64. The summed E-state index contributed by atoms with van der Waals surface area (Å²) in [6.45, 7) is 5.11. The van der Waals surface area contributed by atoms with Crippen LogP contribution in [0.1, 0.15) is 47.7 Å². The molecular weight excluding hydrogens is 398 g/mol. The van der Waals surface area contributed by atoms with Gasteiger partial charge in [0.15, 0.2) is 0 Å². The van der Waals surface area contributed by atoms with Gasteiger partial charge in [-0.3, -0.25) is 4.79 Å². The topological polar surface area (TPSA) is 80.2 Å². The van der Waals surface area contributed by atoms with Gasteiger partial charge in [0.2, 0.25) is 0 Å². The van der Waals surface area contributed by atoms with E-state index in [9.17, 15) is 13.2 Å². The van der Waals surface area contributed by atoms with Crippen molar-refractivity contribution >= 4 is 27.3 Å². The van der Waals surface area contributed by atoms with Crippen LogP contribution in [-0.2, 0) is 16.4 Å². The Labute approximate surface area is 177 Å². The van der Waals surface area contributed by atoms with Crippen LogP contribution in [0.5, 0.6) is 0 Å². The fraction of sp³-hybridized carbons (Fsp3) is 0.261. The average molecular weight is 424 g/mol. The van der Waals surface area contributed by atoms with Gasteiger partial charge in [0, 0.05) is 30.3 Å². The van der Waals surface area contributed by atoms with E-state index in [-0.39, 0.29) is 16.4 Å². The Kier molecular flexibility index (Phi) is 5.39. The van der Waals surface area contributed by atoms with Gasteiger partial charge in [-0.1, -0.05) is 26.0 Å². The zero-order chi connectivity index (χ0) is 21.3. The van der Waals surface area contributed by atoms with Crippen molar-refractivity contribution in [3.63, 3.8) is 0 Å². The average Bonchev–Trinajstić information content (AvgIpc) is 3.43. The Morgan fingerprint density at radius 2 is 1.93 bits per heavy atom. The van der Waals surface area contributed by atoms with Gasteiger partial charge in [0.05, 0.1) is 10.5 Å². The Balaban J connectivity index is 1.51. The largest absolute Gasteiger partial charge is 0.384 e. The van der Waals surface area contributed by atoms with Crippen LogP contribution in [0.15, 0.2) is 65.8 Å². The van der Waals surface area contributed by atoms with Crippen LogP contribution >= 0.6 is 0 Å². The summed E-state index contributed by atoms with van der Waals surface area (Å²) >= 11 is 0. The molecule has 1 aliphatic heterocycles. The monoisotopic (exact) mass is 423 g/mol. The molecule has 2 heterocycles. The molecule has 0 saturated heterocycles. The highest BCUT2D eigenvalue weighted by atomic mass is 32.2. The zero-order valence-electron chi connectivity index (χ0n) is 17.1. The predicted molar refractivity (Wildman–Crippen MR) is 119 cm³/mol. The van der Waals surface area contributed by atoms with Crippen molar-refractivity contribution < 1.29 is 13.2 Å². The summed E-state index contributed by atoms with van der Waals surface area (Å²) in [7, 11) is -3.76. The number of benzene rings is 2. The molecule has 0 spiro atoms. The third kappa shape index (κ3) is 3.85. The molecule has 1 aromatic heterocycles. The molecular formula is C23H25N3O3S. The van der Waals surface area contributed by atoms with E-state index in [0.29, 0.717) is 11.6 Å². The molecule has 6 nitrogen and oxygen atoms in total. The number of anilines is 2. The maximum atomic E-state index is 13.0. The molecule has 3 aromatic rings.